The van der Waals surface area contributed by atoms with Crippen molar-refractivity contribution < 1.29 is 14.3 Å². The summed E-state index contributed by atoms with van der Waals surface area (Å²) in [5, 5.41) is 12.3. The van der Waals surface area contributed by atoms with Crippen LogP contribution in [0, 0.1) is 18.3 Å². The number of hydrogen-bond donors (Lipinski definition) is 1. The first-order chi connectivity index (χ1) is 13.1. The van der Waals surface area contributed by atoms with Gasteiger partial charge in [-0.15, -0.1) is 11.3 Å². The molecule has 3 aromatic rings. The van der Waals surface area contributed by atoms with E-state index in [0.29, 0.717) is 16.4 Å². The zero-order valence-corrected chi connectivity index (χ0v) is 15.7. The highest BCUT2D eigenvalue weighted by molar-refractivity contribution is 7.16. The number of rotatable bonds is 6. The first-order valence-electron chi connectivity index (χ1n) is 8.14. The number of nitrogens with zero attached hydrogens (tertiary/aromatic N) is 2. The van der Waals surface area contributed by atoms with Crippen molar-refractivity contribution in [3.05, 3.63) is 59.0 Å². The highest BCUT2D eigenvalue weighted by Gasteiger charge is 2.13. The van der Waals surface area contributed by atoms with Gasteiger partial charge < -0.3 is 9.47 Å². The van der Waals surface area contributed by atoms with Crippen LogP contribution in [-0.4, -0.2) is 24.6 Å². The molecule has 7 heteroatoms. The van der Waals surface area contributed by atoms with Crippen LogP contribution in [-0.2, 0) is 4.79 Å². The predicted octanol–water partition coefficient (Wildman–Crippen LogP) is 4.02. The number of aromatic nitrogens is 1. The minimum atomic E-state index is -0.335. The number of benzene rings is 2. The molecule has 0 atom stereocenters. The Morgan fingerprint density at radius 3 is 2.67 bits per heavy atom. The Morgan fingerprint density at radius 2 is 1.96 bits per heavy atom. The molecule has 1 heterocycles. The molecular formula is C20H17N3O3S. The third-order valence-electron chi connectivity index (χ3n) is 3.77. The first-order valence-corrected chi connectivity index (χ1v) is 8.96. The van der Waals surface area contributed by atoms with Gasteiger partial charge in [-0.05, 0) is 43.3 Å². The number of carbonyl (C=O) groups is 1. The number of ether oxygens (including phenoxy) is 2. The Bertz CT molecular complexity index is 990. The summed E-state index contributed by atoms with van der Waals surface area (Å²) >= 11 is 1.39. The van der Waals surface area contributed by atoms with Gasteiger partial charge in [-0.25, -0.2) is 4.98 Å². The highest BCUT2D eigenvalue weighted by Crippen LogP contribution is 2.31. The van der Waals surface area contributed by atoms with E-state index >= 15 is 0 Å². The summed E-state index contributed by atoms with van der Waals surface area (Å²) in [5.41, 5.74) is 2.15. The van der Waals surface area contributed by atoms with Crippen LogP contribution in [0.2, 0.25) is 0 Å². The second kappa shape index (κ2) is 8.34. The Hall–Kier alpha value is -3.37. The van der Waals surface area contributed by atoms with Gasteiger partial charge in [0, 0.05) is 10.4 Å². The van der Waals surface area contributed by atoms with Crippen LogP contribution in [0.25, 0.3) is 11.3 Å². The van der Waals surface area contributed by atoms with E-state index in [4.69, 9.17) is 14.7 Å². The maximum Gasteiger partial charge on any atom is 0.264 e. The van der Waals surface area contributed by atoms with Gasteiger partial charge in [-0.2, -0.15) is 5.26 Å². The number of methoxy groups -OCH3 is 1. The van der Waals surface area contributed by atoms with Gasteiger partial charge in [0.15, 0.2) is 11.7 Å². The summed E-state index contributed by atoms with van der Waals surface area (Å²) in [4.78, 5) is 17.7. The zero-order chi connectivity index (χ0) is 19.2. The third kappa shape index (κ3) is 4.43. The van der Waals surface area contributed by atoms with Crippen LogP contribution in [0.3, 0.4) is 0 Å². The van der Waals surface area contributed by atoms with Crippen molar-refractivity contribution in [3.8, 4) is 28.8 Å². The van der Waals surface area contributed by atoms with E-state index in [-0.39, 0.29) is 12.5 Å². The molecule has 6 nitrogen and oxygen atoms in total. The van der Waals surface area contributed by atoms with E-state index in [1.54, 1.807) is 31.4 Å². The molecule has 136 valence electrons. The van der Waals surface area contributed by atoms with E-state index in [0.717, 1.165) is 21.9 Å². The van der Waals surface area contributed by atoms with Crippen LogP contribution >= 0.6 is 11.3 Å². The molecule has 0 fully saturated rings. The SMILES string of the molecule is COc1ccc(-c2nc(NC(=O)COc3ccccc3C#N)sc2C)cc1. The summed E-state index contributed by atoms with van der Waals surface area (Å²) in [6.07, 6.45) is 0. The number of thiazole rings is 1. The van der Waals surface area contributed by atoms with Crippen LogP contribution in [0.5, 0.6) is 11.5 Å². The minimum absolute atomic E-state index is 0.199. The Morgan fingerprint density at radius 1 is 1.22 bits per heavy atom. The summed E-state index contributed by atoms with van der Waals surface area (Å²) in [7, 11) is 1.62. The van der Waals surface area contributed by atoms with Crippen LogP contribution < -0.4 is 14.8 Å². The average molecular weight is 379 g/mol. The number of hydrogen-bond acceptors (Lipinski definition) is 6. The van der Waals surface area contributed by atoms with E-state index in [2.05, 4.69) is 10.3 Å². The van der Waals surface area contributed by atoms with Gasteiger partial charge in [-0.1, -0.05) is 12.1 Å². The lowest BCUT2D eigenvalue weighted by atomic mass is 10.1. The van der Waals surface area contributed by atoms with Gasteiger partial charge in [0.1, 0.15) is 17.6 Å². The van der Waals surface area contributed by atoms with Crippen LogP contribution in [0.4, 0.5) is 5.13 Å². The Labute approximate surface area is 161 Å². The van der Waals surface area contributed by atoms with Crippen molar-refractivity contribution >= 4 is 22.4 Å². The lowest BCUT2D eigenvalue weighted by Gasteiger charge is -2.06. The Balaban J connectivity index is 1.65. The molecular weight excluding hydrogens is 362 g/mol. The number of para-hydroxylation sites is 1. The molecule has 1 amide bonds. The van der Waals surface area contributed by atoms with Gasteiger partial charge in [-0.3, -0.25) is 10.1 Å². The van der Waals surface area contributed by atoms with Crippen molar-refractivity contribution in [2.75, 3.05) is 19.0 Å². The normalized spacial score (nSPS) is 10.1. The zero-order valence-electron chi connectivity index (χ0n) is 14.9. The maximum atomic E-state index is 12.2. The lowest BCUT2D eigenvalue weighted by Crippen LogP contribution is -2.20. The molecule has 0 bridgehead atoms. The molecule has 0 saturated carbocycles. The summed E-state index contributed by atoms with van der Waals surface area (Å²) in [6, 6.07) is 16.4. The van der Waals surface area contributed by atoms with Gasteiger partial charge in [0.25, 0.3) is 5.91 Å². The fourth-order valence-corrected chi connectivity index (χ4v) is 3.30. The maximum absolute atomic E-state index is 12.2. The first kappa shape index (κ1) is 18.4. The molecule has 2 aromatic carbocycles. The van der Waals surface area contributed by atoms with E-state index in [9.17, 15) is 4.79 Å². The van der Waals surface area contributed by atoms with Gasteiger partial charge in [0.2, 0.25) is 0 Å². The standard InChI is InChI=1S/C20H17N3O3S/c1-13-19(14-7-9-16(25-2)10-8-14)23-20(27-13)22-18(24)12-26-17-6-4-3-5-15(17)11-21/h3-10H,12H2,1-2H3,(H,22,23,24). The molecule has 0 aliphatic heterocycles. The van der Waals surface area contributed by atoms with E-state index in [1.807, 2.05) is 37.3 Å². The largest absolute Gasteiger partial charge is 0.497 e. The monoisotopic (exact) mass is 379 g/mol. The van der Waals surface area contributed by atoms with Crippen LogP contribution in [0.1, 0.15) is 10.4 Å². The summed E-state index contributed by atoms with van der Waals surface area (Å²) < 4.78 is 10.6. The molecule has 0 radical (unpaired) electrons. The molecule has 0 unspecified atom stereocenters. The average Bonchev–Trinajstić information content (AvgIpc) is 3.06. The number of aryl methyl sites for hydroxylation is 1. The highest BCUT2D eigenvalue weighted by atomic mass is 32.1. The van der Waals surface area contributed by atoms with E-state index in [1.165, 1.54) is 11.3 Å². The molecule has 1 N–H and O–H groups in total. The molecule has 0 spiro atoms. The molecule has 3 rings (SSSR count). The predicted molar refractivity (Wildman–Crippen MR) is 104 cm³/mol. The summed E-state index contributed by atoms with van der Waals surface area (Å²) in [5.74, 6) is 0.817. The van der Waals surface area contributed by atoms with Crippen LogP contribution in [0.15, 0.2) is 48.5 Å². The minimum Gasteiger partial charge on any atom is -0.497 e. The lowest BCUT2D eigenvalue weighted by molar-refractivity contribution is -0.118. The fourth-order valence-electron chi connectivity index (χ4n) is 2.45. The summed E-state index contributed by atoms with van der Waals surface area (Å²) in [6.45, 7) is 1.75. The number of nitriles is 1. The van der Waals surface area contributed by atoms with Crippen molar-refractivity contribution in [1.29, 1.82) is 5.26 Å². The molecule has 27 heavy (non-hydrogen) atoms. The molecule has 0 saturated heterocycles. The molecule has 1 aromatic heterocycles. The van der Waals surface area contributed by atoms with E-state index < -0.39 is 0 Å². The van der Waals surface area contributed by atoms with Gasteiger partial charge in [0.05, 0.1) is 18.4 Å². The van der Waals surface area contributed by atoms with Gasteiger partial charge >= 0.3 is 0 Å². The molecule has 0 aliphatic carbocycles. The second-order valence-electron chi connectivity index (χ2n) is 5.60. The van der Waals surface area contributed by atoms with Crippen molar-refractivity contribution in [2.45, 2.75) is 6.92 Å². The number of amides is 1. The van der Waals surface area contributed by atoms with Crippen molar-refractivity contribution in [3.63, 3.8) is 0 Å². The fraction of sp³-hybridized carbons (Fsp3) is 0.150. The topological polar surface area (TPSA) is 84.2 Å². The number of anilines is 1. The number of carbonyl (C=O) groups excluding carboxylic acids is 1. The smallest absolute Gasteiger partial charge is 0.264 e. The molecule has 0 aliphatic rings. The second-order valence-corrected chi connectivity index (χ2v) is 6.80. The van der Waals surface area contributed by atoms with Crippen molar-refractivity contribution in [1.82, 2.24) is 4.98 Å². The Kier molecular flexibility index (Phi) is 5.69. The quantitative estimate of drug-likeness (QED) is 0.699. The third-order valence-corrected chi connectivity index (χ3v) is 4.66. The number of nitrogens with one attached hydrogen (secondary N) is 1. The van der Waals surface area contributed by atoms with Crippen molar-refractivity contribution in [2.24, 2.45) is 0 Å².